The van der Waals surface area contributed by atoms with Crippen molar-refractivity contribution in [2.45, 2.75) is 84.5 Å². The number of ether oxygens (including phenoxy) is 2. The van der Waals surface area contributed by atoms with E-state index in [1.54, 1.807) is 6.92 Å². The van der Waals surface area contributed by atoms with Crippen molar-refractivity contribution in [3.05, 3.63) is 21.2 Å². The van der Waals surface area contributed by atoms with Crippen molar-refractivity contribution in [3.63, 3.8) is 0 Å². The highest BCUT2D eigenvalue weighted by molar-refractivity contribution is 9.10. The normalized spacial score (nSPS) is 16.1. The molecule has 1 aromatic rings. The minimum atomic E-state index is -0.949. The van der Waals surface area contributed by atoms with Gasteiger partial charge in [-0.05, 0) is 58.6 Å². The number of methoxy groups -OCH3 is 1. The molecule has 1 fully saturated rings. The first-order valence-corrected chi connectivity index (χ1v) is 11.2. The number of rotatable bonds is 5. The molecule has 1 saturated carbocycles. The number of nitrogens with two attached hydrogens (primary N) is 1. The first-order chi connectivity index (χ1) is 14.0. The van der Waals surface area contributed by atoms with Gasteiger partial charge in [0.05, 0.1) is 24.1 Å². The number of amides is 2. The van der Waals surface area contributed by atoms with Crippen molar-refractivity contribution < 1.29 is 19.1 Å². The number of carbonyl (C=O) groups is 2. The van der Waals surface area contributed by atoms with Crippen LogP contribution >= 0.6 is 15.9 Å². The van der Waals surface area contributed by atoms with Crippen molar-refractivity contribution in [2.24, 2.45) is 0 Å². The van der Waals surface area contributed by atoms with Gasteiger partial charge in [-0.1, -0.05) is 35.2 Å². The number of anilines is 2. The SMILES string of the molecule is COC(=O)C(OC(C)(C)C)c1c(C)c(N)c(NC(=O)NC2CCCCC2)c(C)c1Br. The molecule has 0 radical (unpaired) electrons. The fraction of sp³-hybridized carbons (Fsp3) is 0.636. The number of urea groups is 1. The third-order valence-electron chi connectivity index (χ3n) is 5.35. The summed E-state index contributed by atoms with van der Waals surface area (Å²) in [5.74, 6) is -0.511. The van der Waals surface area contributed by atoms with Crippen LogP contribution < -0.4 is 16.4 Å². The van der Waals surface area contributed by atoms with Crippen LogP contribution in [0.1, 0.15) is 75.7 Å². The summed E-state index contributed by atoms with van der Waals surface area (Å²) in [6.45, 7) is 9.25. The Balaban J connectivity index is 2.37. The van der Waals surface area contributed by atoms with E-state index in [0.29, 0.717) is 27.0 Å². The van der Waals surface area contributed by atoms with E-state index in [1.807, 2.05) is 27.7 Å². The van der Waals surface area contributed by atoms with Crippen LogP contribution in [0.5, 0.6) is 0 Å². The molecular weight excluding hydrogens is 450 g/mol. The van der Waals surface area contributed by atoms with Gasteiger partial charge in [0, 0.05) is 16.1 Å². The minimum Gasteiger partial charge on any atom is -0.467 e. The summed E-state index contributed by atoms with van der Waals surface area (Å²) in [7, 11) is 1.33. The number of hydrogen-bond acceptors (Lipinski definition) is 5. The Morgan fingerprint density at radius 3 is 2.27 bits per heavy atom. The van der Waals surface area contributed by atoms with Gasteiger partial charge in [0.15, 0.2) is 6.10 Å². The van der Waals surface area contributed by atoms with Crippen molar-refractivity contribution in [1.82, 2.24) is 5.32 Å². The molecule has 2 rings (SSSR count). The molecule has 1 aliphatic carbocycles. The van der Waals surface area contributed by atoms with Crippen molar-refractivity contribution in [3.8, 4) is 0 Å². The molecule has 8 heteroatoms. The smallest absolute Gasteiger partial charge is 0.339 e. The van der Waals surface area contributed by atoms with Crippen LogP contribution in [0.15, 0.2) is 4.47 Å². The van der Waals surface area contributed by atoms with Gasteiger partial charge in [-0.15, -0.1) is 0 Å². The number of nitrogens with one attached hydrogen (secondary N) is 2. The summed E-state index contributed by atoms with van der Waals surface area (Å²) in [5, 5.41) is 5.94. The molecular formula is C22H34BrN3O4. The maximum atomic E-state index is 12.6. The predicted molar refractivity (Wildman–Crippen MR) is 123 cm³/mol. The first kappa shape index (κ1) is 24.5. The second-order valence-electron chi connectivity index (χ2n) is 8.83. The van der Waals surface area contributed by atoms with Crippen molar-refractivity contribution in [2.75, 3.05) is 18.2 Å². The lowest BCUT2D eigenvalue weighted by Gasteiger charge is -2.29. The Bertz CT molecular complexity index is 770. The summed E-state index contributed by atoms with van der Waals surface area (Å²) in [5.41, 5.74) is 8.73. The van der Waals surface area contributed by atoms with Gasteiger partial charge < -0.3 is 25.8 Å². The fourth-order valence-corrected chi connectivity index (χ4v) is 4.45. The molecule has 1 atom stereocenters. The zero-order valence-electron chi connectivity index (χ0n) is 18.8. The van der Waals surface area contributed by atoms with Crippen LogP contribution in [0.3, 0.4) is 0 Å². The van der Waals surface area contributed by atoms with Crippen LogP contribution in [0.2, 0.25) is 0 Å². The molecule has 0 aliphatic heterocycles. The number of esters is 1. The zero-order valence-corrected chi connectivity index (χ0v) is 20.4. The average Bonchev–Trinajstić information content (AvgIpc) is 2.68. The summed E-state index contributed by atoms with van der Waals surface area (Å²) in [4.78, 5) is 25.1. The highest BCUT2D eigenvalue weighted by atomic mass is 79.9. The first-order valence-electron chi connectivity index (χ1n) is 10.4. The van der Waals surface area contributed by atoms with E-state index in [9.17, 15) is 9.59 Å². The van der Waals surface area contributed by atoms with E-state index in [1.165, 1.54) is 13.5 Å². The molecule has 1 unspecified atom stereocenters. The highest BCUT2D eigenvalue weighted by Crippen LogP contribution is 2.42. The van der Waals surface area contributed by atoms with E-state index in [-0.39, 0.29) is 12.1 Å². The Morgan fingerprint density at radius 1 is 1.13 bits per heavy atom. The molecule has 4 N–H and O–H groups in total. The van der Waals surface area contributed by atoms with E-state index in [0.717, 1.165) is 31.2 Å². The maximum Gasteiger partial charge on any atom is 0.339 e. The van der Waals surface area contributed by atoms with Crippen molar-refractivity contribution in [1.29, 1.82) is 0 Å². The quantitative estimate of drug-likeness (QED) is 0.397. The third-order valence-corrected chi connectivity index (χ3v) is 6.37. The van der Waals surface area contributed by atoms with Gasteiger partial charge in [-0.25, -0.2) is 9.59 Å². The van der Waals surface area contributed by atoms with Gasteiger partial charge in [0.1, 0.15) is 0 Å². The van der Waals surface area contributed by atoms with Crippen LogP contribution in [0.25, 0.3) is 0 Å². The molecule has 2 amide bonds. The second-order valence-corrected chi connectivity index (χ2v) is 9.63. The van der Waals surface area contributed by atoms with E-state index < -0.39 is 17.7 Å². The second kappa shape index (κ2) is 10.0. The van der Waals surface area contributed by atoms with Crippen LogP contribution in [0, 0.1) is 13.8 Å². The molecule has 30 heavy (non-hydrogen) atoms. The molecule has 168 valence electrons. The van der Waals surface area contributed by atoms with Gasteiger partial charge in [0.25, 0.3) is 0 Å². The van der Waals surface area contributed by atoms with Gasteiger partial charge in [0.2, 0.25) is 0 Å². The Hall–Kier alpha value is -1.80. The van der Waals surface area contributed by atoms with Crippen LogP contribution in [-0.2, 0) is 14.3 Å². The molecule has 1 aromatic carbocycles. The van der Waals surface area contributed by atoms with Crippen molar-refractivity contribution >= 4 is 39.3 Å². The summed E-state index contributed by atoms with van der Waals surface area (Å²) in [6, 6.07) is -0.0841. The Kier molecular flexibility index (Phi) is 8.16. The zero-order chi connectivity index (χ0) is 22.6. The Morgan fingerprint density at radius 2 is 1.73 bits per heavy atom. The number of hydrogen-bond donors (Lipinski definition) is 3. The monoisotopic (exact) mass is 483 g/mol. The van der Waals surface area contributed by atoms with Gasteiger partial charge >= 0.3 is 12.0 Å². The van der Waals surface area contributed by atoms with Crippen LogP contribution in [-0.4, -0.2) is 30.8 Å². The minimum absolute atomic E-state index is 0.188. The molecule has 0 heterocycles. The summed E-state index contributed by atoms with van der Waals surface area (Å²) >= 11 is 3.60. The number of carbonyl (C=O) groups excluding carboxylic acids is 2. The summed E-state index contributed by atoms with van der Waals surface area (Å²) in [6.07, 6.45) is 4.53. The highest BCUT2D eigenvalue weighted by Gasteiger charge is 2.33. The molecule has 7 nitrogen and oxygen atoms in total. The predicted octanol–water partition coefficient (Wildman–Crippen LogP) is 5.13. The number of benzene rings is 1. The lowest BCUT2D eigenvalue weighted by Crippen LogP contribution is -2.39. The standard InChI is InChI=1S/C22H34BrN3O4/c1-12-15(19(20(27)29-6)30-22(3,4)5)16(23)13(2)18(17(12)24)26-21(28)25-14-10-8-7-9-11-14/h14,19H,7-11,24H2,1-6H3,(H2,25,26,28). The molecule has 0 saturated heterocycles. The van der Waals surface area contributed by atoms with E-state index in [4.69, 9.17) is 15.2 Å². The molecule has 0 aromatic heterocycles. The van der Waals surface area contributed by atoms with E-state index in [2.05, 4.69) is 26.6 Å². The number of halogens is 1. The lowest BCUT2D eigenvalue weighted by molar-refractivity contribution is -0.164. The number of nitrogen functional groups attached to an aromatic ring is 1. The fourth-order valence-electron chi connectivity index (χ4n) is 3.75. The van der Waals surface area contributed by atoms with Gasteiger partial charge in [-0.2, -0.15) is 0 Å². The summed E-state index contributed by atoms with van der Waals surface area (Å²) < 4.78 is 11.6. The van der Waals surface area contributed by atoms with Gasteiger partial charge in [-0.3, -0.25) is 0 Å². The Labute approximate surface area is 187 Å². The maximum absolute atomic E-state index is 12.6. The van der Waals surface area contributed by atoms with E-state index >= 15 is 0 Å². The molecule has 0 spiro atoms. The largest absolute Gasteiger partial charge is 0.467 e. The average molecular weight is 484 g/mol. The molecule has 1 aliphatic rings. The van der Waals surface area contributed by atoms with Crippen LogP contribution in [0.4, 0.5) is 16.2 Å². The topological polar surface area (TPSA) is 103 Å². The third kappa shape index (κ3) is 5.88. The molecule has 0 bridgehead atoms. The lowest BCUT2D eigenvalue weighted by atomic mass is 9.95.